The van der Waals surface area contributed by atoms with Gasteiger partial charge in [-0.3, -0.25) is 4.99 Å². The number of aromatic nitrogens is 1. The lowest BCUT2D eigenvalue weighted by atomic mass is 9.65. The van der Waals surface area contributed by atoms with Crippen LogP contribution in [-0.4, -0.2) is 49.1 Å². The lowest BCUT2D eigenvalue weighted by Crippen LogP contribution is -2.72. The minimum atomic E-state index is 0. The molecule has 1 fully saturated rings. The van der Waals surface area contributed by atoms with Gasteiger partial charge in [-0.05, 0) is 19.9 Å². The first kappa shape index (κ1) is 20.0. The Morgan fingerprint density at radius 3 is 2.48 bits per heavy atom. The van der Waals surface area contributed by atoms with Gasteiger partial charge in [-0.25, -0.2) is 4.98 Å². The number of pyridine rings is 1. The fourth-order valence-corrected chi connectivity index (χ4v) is 2.84. The molecule has 0 spiro atoms. The highest BCUT2D eigenvalue weighted by molar-refractivity contribution is 14.0. The Morgan fingerprint density at radius 2 is 2.00 bits per heavy atom. The van der Waals surface area contributed by atoms with E-state index in [0.717, 1.165) is 24.9 Å². The maximum absolute atomic E-state index is 4.46. The topological polar surface area (TPSA) is 43.8 Å². The van der Waals surface area contributed by atoms with E-state index in [-0.39, 0.29) is 29.5 Å². The summed E-state index contributed by atoms with van der Waals surface area (Å²) in [5.41, 5.74) is 1.58. The van der Waals surface area contributed by atoms with Gasteiger partial charge in [-0.15, -0.1) is 24.0 Å². The molecule has 1 aliphatic heterocycles. The van der Waals surface area contributed by atoms with E-state index in [1.54, 1.807) is 0 Å². The molecule has 2 rings (SSSR count). The number of rotatable bonds is 3. The van der Waals surface area contributed by atoms with Crippen molar-refractivity contribution in [3.05, 3.63) is 23.9 Å². The number of hydrogen-bond acceptors (Lipinski definition) is 3. The second kappa shape index (κ2) is 7.23. The summed E-state index contributed by atoms with van der Waals surface area (Å²) in [7, 11) is 5.88. The Kier molecular flexibility index (Phi) is 6.29. The number of halogens is 1. The molecule has 6 heteroatoms. The number of hydrogen-bond donors (Lipinski definition) is 1. The molecule has 130 valence electrons. The molecule has 1 N–H and O–H groups in total. The van der Waals surface area contributed by atoms with Crippen LogP contribution in [-0.2, 0) is 6.54 Å². The zero-order valence-electron chi connectivity index (χ0n) is 15.3. The van der Waals surface area contributed by atoms with Crippen molar-refractivity contribution < 1.29 is 0 Å². The highest BCUT2D eigenvalue weighted by Crippen LogP contribution is 2.46. The lowest BCUT2D eigenvalue weighted by molar-refractivity contribution is -0.0667. The van der Waals surface area contributed by atoms with E-state index in [0.29, 0.717) is 5.41 Å². The SMILES string of the molecule is CN=C(NCc1cccnc1N(C)C)N1CC(C)(C)C1(C)C.I. The molecule has 0 unspecified atom stereocenters. The zero-order valence-corrected chi connectivity index (χ0v) is 17.7. The molecule has 1 aromatic rings. The number of nitrogens with one attached hydrogen (secondary N) is 1. The Morgan fingerprint density at radius 1 is 1.35 bits per heavy atom. The monoisotopic (exact) mass is 431 g/mol. The molecule has 23 heavy (non-hydrogen) atoms. The average molecular weight is 431 g/mol. The number of nitrogens with zero attached hydrogens (tertiary/aromatic N) is 4. The molecule has 1 aromatic heterocycles. The number of guanidine groups is 1. The number of anilines is 1. The van der Waals surface area contributed by atoms with Crippen LogP contribution in [0.3, 0.4) is 0 Å². The predicted molar refractivity (Wildman–Crippen MR) is 109 cm³/mol. The van der Waals surface area contributed by atoms with E-state index >= 15 is 0 Å². The fourth-order valence-electron chi connectivity index (χ4n) is 2.84. The third-order valence-electron chi connectivity index (χ3n) is 5.08. The Hall–Kier alpha value is -1.05. The summed E-state index contributed by atoms with van der Waals surface area (Å²) in [6, 6.07) is 4.08. The van der Waals surface area contributed by atoms with Crippen LogP contribution in [0.4, 0.5) is 5.82 Å². The van der Waals surface area contributed by atoms with Crippen LogP contribution in [0.1, 0.15) is 33.3 Å². The van der Waals surface area contributed by atoms with Gasteiger partial charge in [0, 0.05) is 56.9 Å². The first-order valence-electron chi connectivity index (χ1n) is 7.80. The zero-order chi connectivity index (χ0) is 16.5. The van der Waals surface area contributed by atoms with Crippen molar-refractivity contribution in [2.45, 2.75) is 39.8 Å². The second-order valence-corrected chi connectivity index (χ2v) is 7.31. The van der Waals surface area contributed by atoms with E-state index in [9.17, 15) is 0 Å². The molecule has 0 radical (unpaired) electrons. The summed E-state index contributed by atoms with van der Waals surface area (Å²) in [4.78, 5) is 13.3. The van der Waals surface area contributed by atoms with Gasteiger partial charge in [0.1, 0.15) is 5.82 Å². The van der Waals surface area contributed by atoms with Gasteiger partial charge < -0.3 is 15.1 Å². The van der Waals surface area contributed by atoms with Crippen molar-refractivity contribution >= 4 is 35.8 Å². The third kappa shape index (κ3) is 3.72. The molecule has 1 saturated heterocycles. The standard InChI is InChI=1S/C17H29N5.HI/c1-16(2)12-22(17(16,3)4)15(18-5)20-11-13-9-8-10-19-14(13)21(6)7;/h8-10H,11-12H2,1-7H3,(H,18,20);1H. The summed E-state index contributed by atoms with van der Waals surface area (Å²) in [6.07, 6.45) is 1.83. The molecule has 0 bridgehead atoms. The quantitative estimate of drug-likeness (QED) is 0.454. The van der Waals surface area contributed by atoms with Crippen molar-refractivity contribution in [1.82, 2.24) is 15.2 Å². The molecule has 0 aliphatic carbocycles. The summed E-state index contributed by atoms with van der Waals surface area (Å²) in [5.74, 6) is 1.95. The summed E-state index contributed by atoms with van der Waals surface area (Å²) >= 11 is 0. The van der Waals surface area contributed by atoms with Gasteiger partial charge in [-0.2, -0.15) is 0 Å². The van der Waals surface area contributed by atoms with Gasteiger partial charge in [0.15, 0.2) is 5.96 Å². The maximum Gasteiger partial charge on any atom is 0.194 e. The number of aliphatic imine (C=N–C) groups is 1. The molecule has 0 atom stereocenters. The lowest BCUT2D eigenvalue weighted by Gasteiger charge is -2.62. The van der Waals surface area contributed by atoms with Crippen LogP contribution in [0.2, 0.25) is 0 Å². The average Bonchev–Trinajstić information content (AvgIpc) is 2.46. The summed E-state index contributed by atoms with van der Waals surface area (Å²) in [5, 5.41) is 3.49. The van der Waals surface area contributed by atoms with Crippen molar-refractivity contribution in [3.63, 3.8) is 0 Å². The second-order valence-electron chi connectivity index (χ2n) is 7.31. The van der Waals surface area contributed by atoms with Crippen molar-refractivity contribution in [2.24, 2.45) is 10.4 Å². The molecular formula is C17H30IN5. The smallest absolute Gasteiger partial charge is 0.194 e. The van der Waals surface area contributed by atoms with Crippen LogP contribution in [0.15, 0.2) is 23.3 Å². The molecule has 5 nitrogen and oxygen atoms in total. The molecular weight excluding hydrogens is 401 g/mol. The van der Waals surface area contributed by atoms with Gasteiger partial charge in [0.25, 0.3) is 0 Å². The van der Waals surface area contributed by atoms with Gasteiger partial charge in [-0.1, -0.05) is 19.9 Å². The summed E-state index contributed by atoms with van der Waals surface area (Å²) in [6.45, 7) is 10.9. The van der Waals surface area contributed by atoms with Crippen LogP contribution in [0.25, 0.3) is 0 Å². The Balaban J connectivity index is 0.00000264. The fraction of sp³-hybridized carbons (Fsp3) is 0.647. The molecule has 0 amide bonds. The van der Waals surface area contributed by atoms with Crippen LogP contribution < -0.4 is 10.2 Å². The minimum absolute atomic E-state index is 0. The summed E-state index contributed by atoms with van der Waals surface area (Å²) < 4.78 is 0. The first-order valence-corrected chi connectivity index (χ1v) is 7.80. The van der Waals surface area contributed by atoms with Crippen LogP contribution in [0, 0.1) is 5.41 Å². The van der Waals surface area contributed by atoms with Crippen molar-refractivity contribution in [1.29, 1.82) is 0 Å². The highest BCUT2D eigenvalue weighted by atomic mass is 127. The van der Waals surface area contributed by atoms with Crippen LogP contribution >= 0.6 is 24.0 Å². The first-order chi connectivity index (χ1) is 10.2. The van der Waals surface area contributed by atoms with Gasteiger partial charge >= 0.3 is 0 Å². The van der Waals surface area contributed by atoms with E-state index in [1.165, 1.54) is 5.56 Å². The van der Waals surface area contributed by atoms with E-state index in [2.05, 4.69) is 54.0 Å². The molecule has 0 saturated carbocycles. The predicted octanol–water partition coefficient (Wildman–Crippen LogP) is 2.96. The van der Waals surface area contributed by atoms with E-state index in [1.807, 2.05) is 38.3 Å². The van der Waals surface area contributed by atoms with Crippen molar-refractivity contribution in [3.8, 4) is 0 Å². The Labute approximate surface area is 157 Å². The van der Waals surface area contributed by atoms with Gasteiger partial charge in [0.2, 0.25) is 0 Å². The third-order valence-corrected chi connectivity index (χ3v) is 5.08. The number of likely N-dealkylation sites (tertiary alicyclic amines) is 1. The van der Waals surface area contributed by atoms with E-state index < -0.39 is 0 Å². The molecule has 1 aliphatic rings. The van der Waals surface area contributed by atoms with Crippen molar-refractivity contribution in [2.75, 3.05) is 32.6 Å². The maximum atomic E-state index is 4.46. The molecule has 2 heterocycles. The Bertz CT molecular complexity index is 566. The highest BCUT2D eigenvalue weighted by Gasteiger charge is 2.53. The normalized spacial score (nSPS) is 18.7. The minimum Gasteiger partial charge on any atom is -0.362 e. The molecule has 0 aromatic carbocycles. The largest absolute Gasteiger partial charge is 0.362 e. The van der Waals surface area contributed by atoms with Crippen LogP contribution in [0.5, 0.6) is 0 Å². The van der Waals surface area contributed by atoms with E-state index in [4.69, 9.17) is 0 Å². The van der Waals surface area contributed by atoms with Gasteiger partial charge in [0.05, 0.1) is 0 Å².